The van der Waals surface area contributed by atoms with Gasteiger partial charge in [-0.25, -0.2) is 18.4 Å². The van der Waals surface area contributed by atoms with Crippen molar-refractivity contribution in [3.63, 3.8) is 0 Å². The summed E-state index contributed by atoms with van der Waals surface area (Å²) in [5.41, 5.74) is 0.801. The summed E-state index contributed by atoms with van der Waals surface area (Å²) >= 11 is 0. The Kier molecular flexibility index (Phi) is 6.10. The van der Waals surface area contributed by atoms with Crippen molar-refractivity contribution in [2.24, 2.45) is 5.92 Å². The Bertz CT molecular complexity index is 999. The molecule has 0 bridgehead atoms. The monoisotopic (exact) mass is 429 g/mol. The molecule has 0 N–H and O–H groups in total. The number of carbonyl (C=O) groups is 1. The van der Waals surface area contributed by atoms with E-state index in [4.69, 9.17) is 0 Å². The van der Waals surface area contributed by atoms with Crippen LogP contribution in [0.25, 0.3) is 11.4 Å². The fraction of sp³-hybridized carbons (Fsp3) is 0.524. The fourth-order valence-corrected chi connectivity index (χ4v) is 5.74. The Morgan fingerprint density at radius 1 is 1.10 bits per heavy atom. The second-order valence-electron chi connectivity index (χ2n) is 7.98. The number of carbonyl (C=O) groups excluding carboxylic acids is 1. The first kappa shape index (κ1) is 20.9. The second kappa shape index (κ2) is 8.77. The Morgan fingerprint density at radius 2 is 1.83 bits per heavy atom. The summed E-state index contributed by atoms with van der Waals surface area (Å²) in [5, 5.41) is 0. The summed E-state index contributed by atoms with van der Waals surface area (Å²) < 4.78 is 28.1. The van der Waals surface area contributed by atoms with Gasteiger partial charge in [0.05, 0.1) is 11.9 Å². The highest BCUT2D eigenvalue weighted by atomic mass is 32.2. The summed E-state index contributed by atoms with van der Waals surface area (Å²) in [4.78, 5) is 27.2. The maximum Gasteiger partial charge on any atom is 0.246 e. The molecular weight excluding hydrogens is 402 g/mol. The standard InChI is InChI=1S/C21H27N5O3S/c1-16-23-15-19(21(24-16)18-8-4-5-9-22-18)30(28,29)26-12-10-25(11-13-26)20(27)14-17-6-2-3-7-17/h4-5,8-9,15,17H,2-3,6-7,10-14H2,1H3. The molecule has 0 unspecified atom stereocenters. The van der Waals surface area contributed by atoms with E-state index in [1.807, 2.05) is 0 Å². The molecule has 1 saturated carbocycles. The maximum atomic E-state index is 13.4. The molecule has 9 heteroatoms. The number of sulfonamides is 1. The van der Waals surface area contributed by atoms with E-state index in [-0.39, 0.29) is 23.9 Å². The van der Waals surface area contributed by atoms with E-state index in [0.29, 0.717) is 42.6 Å². The predicted molar refractivity (Wildman–Crippen MR) is 112 cm³/mol. The summed E-state index contributed by atoms with van der Waals surface area (Å²) in [6.45, 7) is 3.09. The second-order valence-corrected chi connectivity index (χ2v) is 9.89. The third-order valence-electron chi connectivity index (χ3n) is 5.93. The molecule has 2 aliphatic rings. The highest BCUT2D eigenvalue weighted by Gasteiger charge is 2.33. The minimum Gasteiger partial charge on any atom is -0.340 e. The van der Waals surface area contributed by atoms with Gasteiger partial charge in [-0.1, -0.05) is 18.9 Å². The van der Waals surface area contributed by atoms with Crippen molar-refractivity contribution < 1.29 is 13.2 Å². The number of hydrogen-bond acceptors (Lipinski definition) is 6. The van der Waals surface area contributed by atoms with Gasteiger partial charge in [0, 0.05) is 38.8 Å². The van der Waals surface area contributed by atoms with Crippen LogP contribution in [0.2, 0.25) is 0 Å². The van der Waals surface area contributed by atoms with Gasteiger partial charge in [0.25, 0.3) is 0 Å². The molecule has 3 heterocycles. The van der Waals surface area contributed by atoms with Gasteiger partial charge in [-0.2, -0.15) is 4.31 Å². The molecule has 2 fully saturated rings. The molecule has 4 rings (SSSR count). The van der Waals surface area contributed by atoms with Crippen molar-refractivity contribution in [3.05, 3.63) is 36.4 Å². The van der Waals surface area contributed by atoms with Crippen molar-refractivity contribution in [2.45, 2.75) is 43.9 Å². The number of hydrogen-bond donors (Lipinski definition) is 0. The van der Waals surface area contributed by atoms with Crippen LogP contribution in [0.4, 0.5) is 0 Å². The van der Waals surface area contributed by atoms with E-state index < -0.39 is 10.0 Å². The Labute approximate surface area is 177 Å². The van der Waals surface area contributed by atoms with E-state index >= 15 is 0 Å². The van der Waals surface area contributed by atoms with E-state index in [9.17, 15) is 13.2 Å². The van der Waals surface area contributed by atoms with Crippen LogP contribution < -0.4 is 0 Å². The summed E-state index contributed by atoms with van der Waals surface area (Å²) in [7, 11) is -3.80. The van der Waals surface area contributed by atoms with E-state index in [1.165, 1.54) is 23.3 Å². The SMILES string of the molecule is Cc1ncc(S(=O)(=O)N2CCN(C(=O)CC3CCCC3)CC2)c(-c2ccccn2)n1. The summed E-state index contributed by atoms with van der Waals surface area (Å²) in [6, 6.07) is 5.30. The lowest BCUT2D eigenvalue weighted by atomic mass is 10.0. The topological polar surface area (TPSA) is 96.4 Å². The van der Waals surface area contributed by atoms with E-state index in [2.05, 4.69) is 15.0 Å². The Hall–Kier alpha value is -2.39. The van der Waals surface area contributed by atoms with Crippen molar-refractivity contribution >= 4 is 15.9 Å². The molecule has 8 nitrogen and oxygen atoms in total. The van der Waals surface area contributed by atoms with Gasteiger partial charge in [0.15, 0.2) is 0 Å². The normalized spacial score (nSPS) is 18.6. The quantitative estimate of drug-likeness (QED) is 0.723. The van der Waals surface area contributed by atoms with Gasteiger partial charge >= 0.3 is 0 Å². The molecule has 1 saturated heterocycles. The van der Waals surface area contributed by atoms with Crippen molar-refractivity contribution in [1.82, 2.24) is 24.2 Å². The smallest absolute Gasteiger partial charge is 0.246 e. The Morgan fingerprint density at radius 3 is 2.50 bits per heavy atom. The van der Waals surface area contributed by atoms with Crippen molar-refractivity contribution in [2.75, 3.05) is 26.2 Å². The van der Waals surface area contributed by atoms with Crippen molar-refractivity contribution in [3.8, 4) is 11.4 Å². The lowest BCUT2D eigenvalue weighted by Crippen LogP contribution is -2.50. The van der Waals surface area contributed by atoms with E-state index in [0.717, 1.165) is 12.8 Å². The summed E-state index contributed by atoms with van der Waals surface area (Å²) in [5.74, 6) is 1.12. The number of aromatic nitrogens is 3. The van der Waals surface area contributed by atoms with E-state index in [1.54, 1.807) is 36.2 Å². The molecule has 30 heavy (non-hydrogen) atoms. The molecule has 0 atom stereocenters. The lowest BCUT2D eigenvalue weighted by molar-refractivity contribution is -0.133. The number of pyridine rings is 1. The number of amides is 1. The predicted octanol–water partition coefficient (Wildman–Crippen LogP) is 2.26. The molecule has 1 aliphatic carbocycles. The van der Waals surface area contributed by atoms with Crippen LogP contribution in [0.3, 0.4) is 0 Å². The van der Waals surface area contributed by atoms with Gasteiger partial charge < -0.3 is 4.90 Å². The number of rotatable bonds is 5. The van der Waals surface area contributed by atoms with Crippen LogP contribution in [0.5, 0.6) is 0 Å². The molecule has 2 aromatic rings. The first-order valence-corrected chi connectivity index (χ1v) is 11.9. The lowest BCUT2D eigenvalue weighted by Gasteiger charge is -2.34. The number of aryl methyl sites for hydroxylation is 1. The van der Waals surface area contributed by atoms with Gasteiger partial charge in [-0.05, 0) is 37.8 Å². The van der Waals surface area contributed by atoms with Crippen LogP contribution in [0.15, 0.2) is 35.5 Å². The Balaban J connectivity index is 1.49. The third-order valence-corrected chi connectivity index (χ3v) is 7.83. The zero-order valence-corrected chi connectivity index (χ0v) is 18.0. The van der Waals surface area contributed by atoms with Crippen LogP contribution in [0.1, 0.15) is 37.9 Å². The number of piperazine rings is 1. The fourth-order valence-electron chi connectivity index (χ4n) is 4.24. The first-order chi connectivity index (χ1) is 14.4. The molecular formula is C21H27N5O3S. The maximum absolute atomic E-state index is 13.4. The zero-order valence-electron chi connectivity index (χ0n) is 17.2. The minimum atomic E-state index is -3.80. The molecule has 1 amide bonds. The molecule has 1 aliphatic heterocycles. The molecule has 0 spiro atoms. The largest absolute Gasteiger partial charge is 0.340 e. The molecule has 0 radical (unpaired) electrons. The number of nitrogens with zero attached hydrogens (tertiary/aromatic N) is 5. The summed E-state index contributed by atoms with van der Waals surface area (Å²) in [6.07, 6.45) is 8.23. The van der Waals surface area contributed by atoms with Gasteiger partial charge in [-0.15, -0.1) is 0 Å². The molecule has 0 aromatic carbocycles. The van der Waals surface area contributed by atoms with Gasteiger partial charge in [0.1, 0.15) is 16.4 Å². The van der Waals surface area contributed by atoms with Crippen LogP contribution in [-0.4, -0.2) is 64.7 Å². The molecule has 2 aromatic heterocycles. The molecule has 160 valence electrons. The minimum absolute atomic E-state index is 0.0533. The van der Waals surface area contributed by atoms with Gasteiger partial charge in [0.2, 0.25) is 15.9 Å². The van der Waals surface area contributed by atoms with Crippen molar-refractivity contribution in [1.29, 1.82) is 0 Å². The highest BCUT2D eigenvalue weighted by Crippen LogP contribution is 2.29. The van der Waals surface area contributed by atoms with Crippen LogP contribution >= 0.6 is 0 Å². The van der Waals surface area contributed by atoms with Crippen LogP contribution in [0, 0.1) is 12.8 Å². The highest BCUT2D eigenvalue weighted by molar-refractivity contribution is 7.89. The third kappa shape index (κ3) is 4.37. The zero-order chi connectivity index (χ0) is 21.1. The van der Waals surface area contributed by atoms with Gasteiger partial charge in [-0.3, -0.25) is 9.78 Å². The average Bonchev–Trinajstić information content (AvgIpc) is 3.27. The first-order valence-electron chi connectivity index (χ1n) is 10.5. The average molecular weight is 430 g/mol. The van der Waals surface area contributed by atoms with Crippen LogP contribution in [-0.2, 0) is 14.8 Å².